The highest BCUT2D eigenvalue weighted by molar-refractivity contribution is 9.10. The Balaban J connectivity index is 2.14. The summed E-state index contributed by atoms with van der Waals surface area (Å²) in [5.74, 6) is 1.25. The Morgan fingerprint density at radius 1 is 0.938 bits per heavy atom. The van der Waals surface area contributed by atoms with E-state index in [4.69, 9.17) is 18.1 Å². The smallest absolute Gasteiger partial charge is 0.264 e. The zero-order valence-electron chi connectivity index (χ0n) is 19.8. The number of hydrogen-bond acceptors (Lipinski definition) is 6. The second-order valence-electron chi connectivity index (χ2n) is 9.21. The van der Waals surface area contributed by atoms with Gasteiger partial charge >= 0.3 is 0 Å². The molecule has 32 heavy (non-hydrogen) atoms. The van der Waals surface area contributed by atoms with Crippen LogP contribution < -0.4 is 9.47 Å². The monoisotopic (exact) mass is 544 g/mol. The molecule has 6 nitrogen and oxygen atoms in total. The van der Waals surface area contributed by atoms with Crippen molar-refractivity contribution in [1.29, 1.82) is 0 Å². The van der Waals surface area contributed by atoms with Crippen LogP contribution in [0.2, 0.25) is 18.1 Å². The van der Waals surface area contributed by atoms with Gasteiger partial charge in [0.15, 0.2) is 19.8 Å². The van der Waals surface area contributed by atoms with E-state index in [1.807, 2.05) is 30.3 Å². The van der Waals surface area contributed by atoms with Gasteiger partial charge in [0.25, 0.3) is 10.1 Å². The van der Waals surface area contributed by atoms with Gasteiger partial charge in [0.05, 0.1) is 26.6 Å². The first kappa shape index (κ1) is 26.9. The second-order valence-corrected chi connectivity index (χ2v) is 16.5. The molecule has 2 rings (SSSR count). The highest BCUT2D eigenvalue weighted by Gasteiger charge is 2.37. The first-order valence-corrected chi connectivity index (χ1v) is 15.8. The van der Waals surface area contributed by atoms with Crippen LogP contribution in [0.1, 0.15) is 37.5 Å². The molecule has 2 aromatic rings. The summed E-state index contributed by atoms with van der Waals surface area (Å²) >= 11 is 3.52. The molecule has 0 N–H and O–H groups in total. The maximum absolute atomic E-state index is 11.3. The number of methoxy groups -OCH3 is 1. The predicted molar refractivity (Wildman–Crippen MR) is 133 cm³/mol. The Morgan fingerprint density at radius 2 is 1.56 bits per heavy atom. The highest BCUT2D eigenvalue weighted by Crippen LogP contribution is 2.37. The van der Waals surface area contributed by atoms with Crippen LogP contribution in [0, 0.1) is 0 Å². The molecule has 0 atom stereocenters. The van der Waals surface area contributed by atoms with E-state index in [1.165, 1.54) is 0 Å². The lowest BCUT2D eigenvalue weighted by Gasteiger charge is -2.36. The fourth-order valence-electron chi connectivity index (χ4n) is 2.56. The molecule has 0 saturated carbocycles. The third-order valence-corrected chi connectivity index (χ3v) is 11.4. The molecule has 0 saturated heterocycles. The Morgan fingerprint density at radius 3 is 2.16 bits per heavy atom. The zero-order valence-corrected chi connectivity index (χ0v) is 23.2. The standard InChI is InChI=1S/C23H33BrO6SSi/c1-23(2,3)32(6,7)30-15-18-9-11-21(27-4)22(13-18)28-16-19-12-17(8-10-20(19)24)14-29-31(5,25)26/h8-13H,14-16H2,1-7H3. The lowest BCUT2D eigenvalue weighted by atomic mass is 10.1. The molecule has 0 fully saturated rings. The van der Waals surface area contributed by atoms with E-state index in [0.717, 1.165) is 27.4 Å². The maximum atomic E-state index is 11.3. The second kappa shape index (κ2) is 10.7. The minimum Gasteiger partial charge on any atom is -0.493 e. The van der Waals surface area contributed by atoms with Crippen LogP contribution >= 0.6 is 15.9 Å². The summed E-state index contributed by atoms with van der Waals surface area (Å²) in [7, 11) is -3.77. The van der Waals surface area contributed by atoms with Crippen LogP contribution in [-0.2, 0) is 38.5 Å². The predicted octanol–water partition coefficient (Wildman–Crippen LogP) is 6.03. The summed E-state index contributed by atoms with van der Waals surface area (Å²) in [6.07, 6.45) is 1.03. The highest BCUT2D eigenvalue weighted by atomic mass is 79.9. The van der Waals surface area contributed by atoms with Crippen molar-refractivity contribution >= 4 is 34.4 Å². The molecule has 0 unspecified atom stereocenters. The topological polar surface area (TPSA) is 71.1 Å². The molecule has 2 aromatic carbocycles. The quantitative estimate of drug-likeness (QED) is 0.268. The van der Waals surface area contributed by atoms with Gasteiger partial charge in [-0.1, -0.05) is 48.8 Å². The van der Waals surface area contributed by atoms with Crippen molar-refractivity contribution in [2.24, 2.45) is 0 Å². The number of hydrogen-bond donors (Lipinski definition) is 0. The third kappa shape index (κ3) is 7.88. The zero-order chi connectivity index (χ0) is 24.2. The van der Waals surface area contributed by atoms with Crippen LogP contribution in [0.25, 0.3) is 0 Å². The number of ether oxygens (including phenoxy) is 2. The van der Waals surface area contributed by atoms with Gasteiger partial charge in [-0.15, -0.1) is 0 Å². The molecule has 0 aliphatic heterocycles. The molecule has 0 spiro atoms. The van der Waals surface area contributed by atoms with Crippen molar-refractivity contribution in [3.05, 3.63) is 57.6 Å². The fourth-order valence-corrected chi connectivity index (χ4v) is 4.23. The average Bonchev–Trinajstić information content (AvgIpc) is 2.69. The minimum absolute atomic E-state index is 0.0251. The number of rotatable bonds is 10. The molecule has 0 heterocycles. The van der Waals surface area contributed by atoms with E-state index in [2.05, 4.69) is 49.8 Å². The van der Waals surface area contributed by atoms with Crippen LogP contribution in [0.15, 0.2) is 40.9 Å². The largest absolute Gasteiger partial charge is 0.493 e. The fraction of sp³-hybridized carbons (Fsp3) is 0.478. The molecule has 0 bridgehead atoms. The SMILES string of the molecule is COc1ccc(CO[Si](C)(C)C(C)(C)C)cc1OCc1cc(COS(C)(=O)=O)ccc1Br. The van der Waals surface area contributed by atoms with Crippen LogP contribution in [0.5, 0.6) is 11.5 Å². The lowest BCUT2D eigenvalue weighted by molar-refractivity contribution is 0.268. The third-order valence-electron chi connectivity index (χ3n) is 5.57. The summed E-state index contributed by atoms with van der Waals surface area (Å²) < 4.78 is 46.1. The molecule has 178 valence electrons. The molecule has 0 amide bonds. The first-order valence-electron chi connectivity index (χ1n) is 10.3. The van der Waals surface area contributed by atoms with Crippen molar-refractivity contribution in [2.45, 2.75) is 58.7 Å². The molecular weight excluding hydrogens is 512 g/mol. The van der Waals surface area contributed by atoms with E-state index in [9.17, 15) is 8.42 Å². The van der Waals surface area contributed by atoms with Crippen molar-refractivity contribution in [3.63, 3.8) is 0 Å². The van der Waals surface area contributed by atoms with Gasteiger partial charge in [-0.25, -0.2) is 0 Å². The van der Waals surface area contributed by atoms with Crippen molar-refractivity contribution < 1.29 is 26.5 Å². The Kier molecular flexibility index (Phi) is 8.97. The average molecular weight is 546 g/mol. The molecular formula is C23H33BrO6SSi. The van der Waals surface area contributed by atoms with Gasteiger partial charge in [0.1, 0.15) is 6.61 Å². The molecule has 0 aliphatic rings. The Labute approximate surface area is 201 Å². The van der Waals surface area contributed by atoms with Crippen molar-refractivity contribution in [3.8, 4) is 11.5 Å². The normalized spacial score (nSPS) is 12.6. The van der Waals surface area contributed by atoms with Gasteiger partial charge in [-0.2, -0.15) is 8.42 Å². The summed E-state index contributed by atoms with van der Waals surface area (Å²) in [6.45, 7) is 11.9. The van der Waals surface area contributed by atoms with E-state index in [1.54, 1.807) is 13.2 Å². The van der Waals surface area contributed by atoms with E-state index >= 15 is 0 Å². The summed E-state index contributed by atoms with van der Waals surface area (Å²) in [6, 6.07) is 11.3. The summed E-state index contributed by atoms with van der Waals surface area (Å²) in [5.41, 5.74) is 2.62. The first-order chi connectivity index (χ1) is 14.7. The van der Waals surface area contributed by atoms with E-state index in [-0.39, 0.29) is 18.3 Å². The van der Waals surface area contributed by atoms with Gasteiger partial charge in [-0.05, 0) is 53.5 Å². The molecule has 0 radical (unpaired) electrons. The van der Waals surface area contributed by atoms with Crippen LogP contribution in [0.4, 0.5) is 0 Å². The van der Waals surface area contributed by atoms with Gasteiger partial charge in [0.2, 0.25) is 0 Å². The molecule has 0 aliphatic carbocycles. The Hall–Kier alpha value is -1.39. The van der Waals surface area contributed by atoms with Crippen molar-refractivity contribution in [1.82, 2.24) is 0 Å². The van der Waals surface area contributed by atoms with Gasteiger partial charge in [-0.3, -0.25) is 4.18 Å². The number of benzene rings is 2. The summed E-state index contributed by atoms with van der Waals surface area (Å²) in [5, 5.41) is 0.136. The lowest BCUT2D eigenvalue weighted by Crippen LogP contribution is -2.40. The summed E-state index contributed by atoms with van der Waals surface area (Å²) in [4.78, 5) is 0. The Bertz CT molecular complexity index is 1030. The maximum Gasteiger partial charge on any atom is 0.264 e. The van der Waals surface area contributed by atoms with Crippen LogP contribution in [-0.4, -0.2) is 30.1 Å². The van der Waals surface area contributed by atoms with Crippen LogP contribution in [0.3, 0.4) is 0 Å². The van der Waals surface area contributed by atoms with Crippen molar-refractivity contribution in [2.75, 3.05) is 13.4 Å². The molecule has 0 aromatic heterocycles. The minimum atomic E-state index is -3.51. The van der Waals surface area contributed by atoms with Gasteiger partial charge < -0.3 is 13.9 Å². The molecule has 9 heteroatoms. The number of halogens is 1. The van der Waals surface area contributed by atoms with E-state index in [0.29, 0.717) is 18.1 Å². The van der Waals surface area contributed by atoms with E-state index < -0.39 is 18.4 Å². The van der Waals surface area contributed by atoms with Gasteiger partial charge in [0, 0.05) is 10.0 Å².